The lowest BCUT2D eigenvalue weighted by molar-refractivity contribution is 0.128. The van der Waals surface area contributed by atoms with Crippen LogP contribution in [0.5, 0.6) is 0 Å². The zero-order valence-corrected chi connectivity index (χ0v) is 13.3. The second-order valence-corrected chi connectivity index (χ2v) is 6.45. The molecule has 0 aromatic carbocycles. The van der Waals surface area contributed by atoms with Crippen molar-refractivity contribution in [1.29, 1.82) is 0 Å². The third-order valence-corrected chi connectivity index (χ3v) is 3.84. The minimum absolute atomic E-state index is 0.268. The summed E-state index contributed by atoms with van der Waals surface area (Å²) in [4.78, 5) is 9.65. The molecule has 1 aromatic rings. The number of hydrogen-bond acceptors (Lipinski definition) is 4. The highest BCUT2D eigenvalue weighted by Crippen LogP contribution is 2.20. The molecule has 4 heteroatoms. The number of hydrogen-bond donors (Lipinski definition) is 1. The fraction of sp³-hybridized carbons (Fsp3) is 0.688. The number of anilines is 2. The molecule has 0 spiro atoms. The summed E-state index contributed by atoms with van der Waals surface area (Å²) in [6, 6.07) is 6.25. The fourth-order valence-corrected chi connectivity index (χ4v) is 2.56. The van der Waals surface area contributed by atoms with Crippen molar-refractivity contribution in [3.63, 3.8) is 0 Å². The highest BCUT2D eigenvalue weighted by atomic mass is 15.3. The van der Waals surface area contributed by atoms with Gasteiger partial charge >= 0.3 is 0 Å². The van der Waals surface area contributed by atoms with Crippen LogP contribution < -0.4 is 10.2 Å². The Morgan fingerprint density at radius 2 is 1.85 bits per heavy atom. The molecule has 1 aliphatic rings. The van der Waals surface area contributed by atoms with E-state index in [1.807, 2.05) is 6.07 Å². The Balaban J connectivity index is 1.96. The van der Waals surface area contributed by atoms with Crippen LogP contribution in [0.2, 0.25) is 0 Å². The van der Waals surface area contributed by atoms with Gasteiger partial charge in [0.1, 0.15) is 11.6 Å². The summed E-state index contributed by atoms with van der Waals surface area (Å²) in [6.07, 6.45) is 1.12. The van der Waals surface area contributed by atoms with Gasteiger partial charge in [-0.3, -0.25) is 4.90 Å². The number of nitrogens with zero attached hydrogens (tertiary/aromatic N) is 3. The number of rotatable bonds is 4. The Bertz CT molecular complexity index is 417. The predicted octanol–water partition coefficient (Wildman–Crippen LogP) is 2.82. The molecule has 1 N–H and O–H groups in total. The fourth-order valence-electron chi connectivity index (χ4n) is 2.56. The first-order valence-electron chi connectivity index (χ1n) is 7.71. The normalized spacial score (nSPS) is 17.3. The lowest BCUT2D eigenvalue weighted by Crippen LogP contribution is -2.53. The molecular formula is C16H28N4. The minimum Gasteiger partial charge on any atom is -0.370 e. The molecule has 4 nitrogen and oxygen atoms in total. The Hall–Kier alpha value is -1.29. The van der Waals surface area contributed by atoms with Gasteiger partial charge in [-0.25, -0.2) is 4.98 Å². The van der Waals surface area contributed by atoms with Crippen LogP contribution in [0.3, 0.4) is 0 Å². The van der Waals surface area contributed by atoms with E-state index in [0.717, 1.165) is 50.8 Å². The van der Waals surface area contributed by atoms with Gasteiger partial charge in [0, 0.05) is 38.3 Å². The van der Waals surface area contributed by atoms with Crippen molar-refractivity contribution in [2.45, 2.75) is 39.7 Å². The van der Waals surface area contributed by atoms with E-state index < -0.39 is 0 Å². The van der Waals surface area contributed by atoms with Crippen molar-refractivity contribution in [3.8, 4) is 0 Å². The highest BCUT2D eigenvalue weighted by Gasteiger charge is 2.26. The zero-order valence-electron chi connectivity index (χ0n) is 13.3. The Morgan fingerprint density at radius 3 is 2.45 bits per heavy atom. The van der Waals surface area contributed by atoms with Crippen molar-refractivity contribution < 1.29 is 0 Å². The quantitative estimate of drug-likeness (QED) is 0.916. The maximum absolute atomic E-state index is 4.72. The molecule has 0 amide bonds. The second-order valence-electron chi connectivity index (χ2n) is 6.45. The van der Waals surface area contributed by atoms with E-state index in [9.17, 15) is 0 Å². The summed E-state index contributed by atoms with van der Waals surface area (Å²) < 4.78 is 0. The molecule has 0 bridgehead atoms. The van der Waals surface area contributed by atoms with Crippen LogP contribution in [0.1, 0.15) is 34.1 Å². The smallest absolute Gasteiger partial charge is 0.131 e. The summed E-state index contributed by atoms with van der Waals surface area (Å²) in [6.45, 7) is 14.3. The van der Waals surface area contributed by atoms with Crippen LogP contribution in [0.25, 0.3) is 0 Å². The standard InChI is InChI=1S/C16H28N4/c1-5-9-17-14-7-6-8-15(18-14)19-10-12-20(13-11-19)16(2,3)4/h6-8H,5,9-13H2,1-4H3,(H,17,18). The van der Waals surface area contributed by atoms with E-state index in [4.69, 9.17) is 4.98 Å². The monoisotopic (exact) mass is 276 g/mol. The molecule has 1 saturated heterocycles. The summed E-state index contributed by atoms with van der Waals surface area (Å²) in [5.41, 5.74) is 0.268. The van der Waals surface area contributed by atoms with Gasteiger partial charge in [0.05, 0.1) is 0 Å². The maximum atomic E-state index is 4.72. The first kappa shape index (κ1) is 15.1. The summed E-state index contributed by atoms with van der Waals surface area (Å²) in [5.74, 6) is 2.09. The molecule has 0 atom stereocenters. The van der Waals surface area contributed by atoms with Crippen LogP contribution in [-0.2, 0) is 0 Å². The number of piperazine rings is 1. The van der Waals surface area contributed by atoms with E-state index in [-0.39, 0.29) is 5.54 Å². The van der Waals surface area contributed by atoms with Crippen molar-refractivity contribution in [2.75, 3.05) is 42.9 Å². The molecule has 0 unspecified atom stereocenters. The zero-order chi connectivity index (χ0) is 14.6. The number of nitrogens with one attached hydrogen (secondary N) is 1. The van der Waals surface area contributed by atoms with Gasteiger partial charge in [0.15, 0.2) is 0 Å². The van der Waals surface area contributed by atoms with E-state index in [1.54, 1.807) is 0 Å². The molecule has 1 aliphatic heterocycles. The molecule has 0 radical (unpaired) electrons. The molecular weight excluding hydrogens is 248 g/mol. The Morgan fingerprint density at radius 1 is 1.15 bits per heavy atom. The molecule has 2 heterocycles. The average Bonchev–Trinajstić information content (AvgIpc) is 2.45. The lowest BCUT2D eigenvalue weighted by atomic mass is 10.1. The largest absolute Gasteiger partial charge is 0.370 e. The predicted molar refractivity (Wildman–Crippen MR) is 86.6 cm³/mol. The molecule has 0 aliphatic carbocycles. The summed E-state index contributed by atoms with van der Waals surface area (Å²) in [7, 11) is 0. The van der Waals surface area contributed by atoms with E-state index in [0.29, 0.717) is 0 Å². The third-order valence-electron chi connectivity index (χ3n) is 3.84. The van der Waals surface area contributed by atoms with Gasteiger partial charge in [-0.1, -0.05) is 13.0 Å². The highest BCUT2D eigenvalue weighted by molar-refractivity contribution is 5.47. The van der Waals surface area contributed by atoms with Crippen LogP contribution in [0.4, 0.5) is 11.6 Å². The van der Waals surface area contributed by atoms with E-state index in [1.165, 1.54) is 0 Å². The van der Waals surface area contributed by atoms with Crippen LogP contribution in [-0.4, -0.2) is 48.1 Å². The lowest BCUT2D eigenvalue weighted by Gasteiger charge is -2.42. The molecule has 0 saturated carbocycles. The summed E-state index contributed by atoms with van der Waals surface area (Å²) in [5, 5.41) is 3.36. The SMILES string of the molecule is CCCNc1cccc(N2CCN(C(C)(C)C)CC2)n1. The van der Waals surface area contributed by atoms with Crippen LogP contribution in [0, 0.1) is 0 Å². The summed E-state index contributed by atoms with van der Waals surface area (Å²) >= 11 is 0. The third kappa shape index (κ3) is 3.85. The van der Waals surface area contributed by atoms with Gasteiger partial charge in [-0.15, -0.1) is 0 Å². The van der Waals surface area contributed by atoms with Gasteiger partial charge in [-0.05, 0) is 39.3 Å². The van der Waals surface area contributed by atoms with E-state index in [2.05, 4.69) is 54.9 Å². The Kier molecular flexibility index (Phi) is 4.86. The first-order valence-corrected chi connectivity index (χ1v) is 7.71. The van der Waals surface area contributed by atoms with Crippen LogP contribution >= 0.6 is 0 Å². The first-order chi connectivity index (χ1) is 9.50. The molecule has 2 rings (SSSR count). The number of aromatic nitrogens is 1. The van der Waals surface area contributed by atoms with Crippen molar-refractivity contribution in [3.05, 3.63) is 18.2 Å². The van der Waals surface area contributed by atoms with Crippen LogP contribution in [0.15, 0.2) is 18.2 Å². The molecule has 112 valence electrons. The average molecular weight is 276 g/mol. The molecule has 1 fully saturated rings. The van der Waals surface area contributed by atoms with Crippen molar-refractivity contribution >= 4 is 11.6 Å². The minimum atomic E-state index is 0.268. The Labute approximate surface area is 123 Å². The molecule has 1 aromatic heterocycles. The second kappa shape index (κ2) is 6.44. The topological polar surface area (TPSA) is 31.4 Å². The molecule has 20 heavy (non-hydrogen) atoms. The van der Waals surface area contributed by atoms with Gasteiger partial charge in [0.25, 0.3) is 0 Å². The van der Waals surface area contributed by atoms with Crippen molar-refractivity contribution in [1.82, 2.24) is 9.88 Å². The van der Waals surface area contributed by atoms with E-state index >= 15 is 0 Å². The van der Waals surface area contributed by atoms with Gasteiger partial charge in [0.2, 0.25) is 0 Å². The maximum Gasteiger partial charge on any atom is 0.131 e. The van der Waals surface area contributed by atoms with Crippen molar-refractivity contribution in [2.24, 2.45) is 0 Å². The van der Waals surface area contributed by atoms with Gasteiger partial charge in [-0.2, -0.15) is 0 Å². The van der Waals surface area contributed by atoms with Gasteiger partial charge < -0.3 is 10.2 Å². The number of pyridine rings is 1.